The van der Waals surface area contributed by atoms with Crippen LogP contribution in [-0.2, 0) is 0 Å². The number of nitrogens with one attached hydrogen (secondary N) is 2. The Morgan fingerprint density at radius 1 is 1.09 bits per heavy atom. The molecule has 0 heterocycles. The lowest BCUT2D eigenvalue weighted by atomic mass is 9.98. The van der Waals surface area contributed by atoms with Crippen LogP contribution in [0.4, 0.5) is 4.39 Å². The number of hydrogen-bond donors (Lipinski definition) is 2. The number of Topliss-reactive ketones (excluding diaryl/α,β-unsaturated/α-hetero) is 1. The lowest BCUT2D eigenvalue weighted by molar-refractivity contribution is 0.101. The average Bonchev–Trinajstić information content (AvgIpc) is 2.76. The zero-order valence-electron chi connectivity index (χ0n) is 19.3. The number of rotatable bonds is 13. The first-order valence-electron chi connectivity index (χ1n) is 10.7. The van der Waals surface area contributed by atoms with Crippen molar-refractivity contribution in [1.82, 2.24) is 10.9 Å². The van der Waals surface area contributed by atoms with Crippen molar-refractivity contribution < 1.29 is 23.4 Å². The van der Waals surface area contributed by atoms with Crippen molar-refractivity contribution in [1.29, 1.82) is 0 Å². The normalized spacial score (nSPS) is 11.8. The minimum atomic E-state index is -0.265. The number of ether oxygens (including phenoxy) is 3. The van der Waals surface area contributed by atoms with E-state index in [1.807, 2.05) is 13.8 Å². The fraction of sp³-hybridized carbons (Fsp3) is 0.458. The highest BCUT2D eigenvalue weighted by molar-refractivity contribution is 6.34. The lowest BCUT2D eigenvalue weighted by Crippen LogP contribution is -2.34. The van der Waals surface area contributed by atoms with Gasteiger partial charge in [-0.2, -0.15) is 0 Å². The maximum absolute atomic E-state index is 13.2. The largest absolute Gasteiger partial charge is 0.491 e. The number of hydrogen-bond acceptors (Lipinski definition) is 6. The van der Waals surface area contributed by atoms with Crippen LogP contribution < -0.4 is 25.1 Å². The van der Waals surface area contributed by atoms with Crippen LogP contribution in [0.15, 0.2) is 24.3 Å². The van der Waals surface area contributed by atoms with Crippen LogP contribution in [-0.4, -0.2) is 39.2 Å². The summed E-state index contributed by atoms with van der Waals surface area (Å²) in [4.78, 5) is 12.4. The van der Waals surface area contributed by atoms with E-state index in [9.17, 15) is 9.18 Å². The van der Waals surface area contributed by atoms with E-state index >= 15 is 0 Å². The van der Waals surface area contributed by atoms with Crippen LogP contribution in [0.1, 0.15) is 54.6 Å². The van der Waals surface area contributed by atoms with Crippen LogP contribution in [0.2, 0.25) is 5.02 Å². The van der Waals surface area contributed by atoms with Gasteiger partial charge in [-0.15, -0.1) is 0 Å². The van der Waals surface area contributed by atoms with Crippen molar-refractivity contribution in [2.45, 2.75) is 40.0 Å². The number of halogens is 2. The Balaban J connectivity index is 2.27. The van der Waals surface area contributed by atoms with E-state index in [0.717, 1.165) is 12.1 Å². The molecule has 0 saturated heterocycles. The summed E-state index contributed by atoms with van der Waals surface area (Å²) in [6, 6.07) is 6.43. The zero-order chi connectivity index (χ0) is 23.7. The Kier molecular flexibility index (Phi) is 10.2. The summed E-state index contributed by atoms with van der Waals surface area (Å²) >= 11 is 6.50. The fourth-order valence-electron chi connectivity index (χ4n) is 3.35. The molecule has 0 aliphatic carbocycles. The molecule has 0 aliphatic rings. The van der Waals surface area contributed by atoms with E-state index in [2.05, 4.69) is 10.9 Å². The van der Waals surface area contributed by atoms with Crippen LogP contribution in [0.3, 0.4) is 0 Å². The SMILES string of the molecule is CCNNCCOc1c(OCCC(C)c2ccc(F)cc2)c(OC)c(Cl)c(C)c1C(C)=O. The summed E-state index contributed by atoms with van der Waals surface area (Å²) in [5, 5.41) is 0.317. The molecule has 2 aromatic carbocycles. The topological polar surface area (TPSA) is 68.8 Å². The van der Waals surface area contributed by atoms with Crippen molar-refractivity contribution in [3.05, 3.63) is 51.8 Å². The summed E-state index contributed by atoms with van der Waals surface area (Å²) < 4.78 is 30.8. The highest BCUT2D eigenvalue weighted by Gasteiger charge is 2.27. The third-order valence-corrected chi connectivity index (χ3v) is 5.57. The second-order valence-electron chi connectivity index (χ2n) is 7.46. The molecule has 0 spiro atoms. The minimum Gasteiger partial charge on any atom is -0.491 e. The van der Waals surface area contributed by atoms with Crippen molar-refractivity contribution in [3.63, 3.8) is 0 Å². The molecule has 6 nitrogen and oxygen atoms in total. The third-order valence-electron chi connectivity index (χ3n) is 5.11. The van der Waals surface area contributed by atoms with Gasteiger partial charge >= 0.3 is 0 Å². The first-order valence-corrected chi connectivity index (χ1v) is 11.1. The molecule has 32 heavy (non-hydrogen) atoms. The maximum Gasteiger partial charge on any atom is 0.205 e. The van der Waals surface area contributed by atoms with Gasteiger partial charge in [-0.3, -0.25) is 15.6 Å². The van der Waals surface area contributed by atoms with Crippen LogP contribution in [0.5, 0.6) is 17.2 Å². The zero-order valence-corrected chi connectivity index (χ0v) is 20.1. The highest BCUT2D eigenvalue weighted by Crippen LogP contribution is 2.48. The second-order valence-corrected chi connectivity index (χ2v) is 7.83. The van der Waals surface area contributed by atoms with Gasteiger partial charge in [-0.25, -0.2) is 4.39 Å². The van der Waals surface area contributed by atoms with Crippen molar-refractivity contribution in [2.24, 2.45) is 0 Å². The molecule has 0 bridgehead atoms. The second kappa shape index (κ2) is 12.6. The van der Waals surface area contributed by atoms with Gasteiger partial charge in [0.15, 0.2) is 17.3 Å². The van der Waals surface area contributed by atoms with Crippen LogP contribution in [0.25, 0.3) is 0 Å². The van der Waals surface area contributed by atoms with E-state index < -0.39 is 0 Å². The Labute approximate surface area is 194 Å². The van der Waals surface area contributed by atoms with Crippen molar-refractivity contribution >= 4 is 17.4 Å². The summed E-state index contributed by atoms with van der Waals surface area (Å²) in [5.74, 6) is 0.665. The van der Waals surface area contributed by atoms with E-state index in [0.29, 0.717) is 59.6 Å². The molecule has 0 fully saturated rings. The molecule has 0 amide bonds. The van der Waals surface area contributed by atoms with Gasteiger partial charge in [0, 0.05) is 13.1 Å². The molecule has 176 valence electrons. The predicted octanol–water partition coefficient (Wildman–Crippen LogP) is 5.06. The number of methoxy groups -OCH3 is 1. The molecule has 8 heteroatoms. The monoisotopic (exact) mass is 466 g/mol. The van der Waals surface area contributed by atoms with E-state index in [4.69, 9.17) is 25.8 Å². The van der Waals surface area contributed by atoms with Gasteiger partial charge in [0.05, 0.1) is 24.3 Å². The van der Waals surface area contributed by atoms with Gasteiger partial charge in [0.1, 0.15) is 12.4 Å². The van der Waals surface area contributed by atoms with E-state index in [1.165, 1.54) is 26.2 Å². The van der Waals surface area contributed by atoms with Crippen LogP contribution in [0, 0.1) is 12.7 Å². The van der Waals surface area contributed by atoms with Gasteiger partial charge in [0.2, 0.25) is 5.75 Å². The number of carbonyl (C=O) groups is 1. The molecular weight excluding hydrogens is 435 g/mol. The van der Waals surface area contributed by atoms with Gasteiger partial charge in [0.25, 0.3) is 0 Å². The first-order chi connectivity index (χ1) is 15.3. The molecule has 0 aliphatic heterocycles. The number of benzene rings is 2. The van der Waals surface area contributed by atoms with E-state index in [1.54, 1.807) is 19.1 Å². The minimum absolute atomic E-state index is 0.142. The molecular formula is C24H32ClFN2O4. The summed E-state index contributed by atoms with van der Waals surface area (Å²) in [6.07, 6.45) is 0.664. The Bertz CT molecular complexity index is 906. The van der Waals surface area contributed by atoms with Gasteiger partial charge in [-0.1, -0.05) is 37.6 Å². The predicted molar refractivity (Wildman–Crippen MR) is 125 cm³/mol. The summed E-state index contributed by atoms with van der Waals surface area (Å²) in [7, 11) is 1.50. The molecule has 2 rings (SSSR count). The molecule has 1 atom stereocenters. The third kappa shape index (κ3) is 6.58. The molecule has 0 saturated carbocycles. The van der Waals surface area contributed by atoms with Crippen LogP contribution >= 0.6 is 11.6 Å². The smallest absolute Gasteiger partial charge is 0.205 e. The number of carbonyl (C=O) groups excluding carboxylic acids is 1. The molecule has 2 aromatic rings. The number of hydrazine groups is 1. The quantitative estimate of drug-likeness (QED) is 0.244. The maximum atomic E-state index is 13.2. The Morgan fingerprint density at radius 3 is 2.34 bits per heavy atom. The molecule has 0 aromatic heterocycles. The fourth-order valence-corrected chi connectivity index (χ4v) is 3.61. The molecule has 1 unspecified atom stereocenters. The number of ketones is 1. The Morgan fingerprint density at radius 2 is 1.75 bits per heavy atom. The van der Waals surface area contributed by atoms with Crippen molar-refractivity contribution in [3.8, 4) is 17.2 Å². The molecule has 2 N–H and O–H groups in total. The molecule has 0 radical (unpaired) electrons. The van der Waals surface area contributed by atoms with E-state index in [-0.39, 0.29) is 17.5 Å². The highest BCUT2D eigenvalue weighted by atomic mass is 35.5. The van der Waals surface area contributed by atoms with Crippen molar-refractivity contribution in [2.75, 3.05) is 33.4 Å². The van der Waals surface area contributed by atoms with Gasteiger partial charge < -0.3 is 14.2 Å². The standard InChI is InChI=1S/C24H32ClFN2O4/c1-6-27-28-12-14-32-22-20(17(4)29)16(3)21(25)23(30-5)24(22)31-13-11-15(2)18-7-9-19(26)10-8-18/h7-10,15,27-28H,6,11-14H2,1-5H3. The van der Waals surface area contributed by atoms with Gasteiger partial charge in [-0.05, 0) is 49.4 Å². The average molecular weight is 467 g/mol. The lowest BCUT2D eigenvalue weighted by Gasteiger charge is -2.22. The summed E-state index contributed by atoms with van der Waals surface area (Å²) in [5.41, 5.74) is 7.99. The Hall–Kier alpha value is -2.35. The summed E-state index contributed by atoms with van der Waals surface area (Å²) in [6.45, 7) is 9.18. The first kappa shape index (κ1) is 25.9.